The number of rotatable bonds is 8. The molecule has 0 saturated heterocycles. The lowest BCUT2D eigenvalue weighted by Crippen LogP contribution is -2.30. The van der Waals surface area contributed by atoms with E-state index in [9.17, 15) is 22.0 Å². The summed E-state index contributed by atoms with van der Waals surface area (Å²) in [6.07, 6.45) is 4.94. The zero-order valence-electron chi connectivity index (χ0n) is 16.4. The fourth-order valence-electron chi connectivity index (χ4n) is 2.96. The van der Waals surface area contributed by atoms with Crippen LogP contribution in [-0.2, 0) is 24.2 Å². The maximum Gasteiger partial charge on any atom is 0.276 e. The van der Waals surface area contributed by atoms with Gasteiger partial charge in [0.25, 0.3) is 5.91 Å². The van der Waals surface area contributed by atoms with Gasteiger partial charge in [0, 0.05) is 43.4 Å². The first-order valence-electron chi connectivity index (χ1n) is 9.13. The third kappa shape index (κ3) is 5.44. The fraction of sp³-hybridized carbons (Fsp3) is 0.200. The number of nitrogens with zero attached hydrogens (tertiary/aromatic N) is 2. The molecule has 1 amide bonds. The van der Waals surface area contributed by atoms with E-state index in [1.54, 1.807) is 18.5 Å². The number of carbonyl (C=O) groups excluding carboxylic acids is 1. The van der Waals surface area contributed by atoms with Crippen LogP contribution in [0, 0.1) is 11.6 Å². The number of amides is 1. The minimum Gasteiger partial charge on any atom is -0.488 e. The quantitative estimate of drug-likeness (QED) is 0.451. The first-order chi connectivity index (χ1) is 14.8. The zero-order chi connectivity index (χ0) is 22.5. The van der Waals surface area contributed by atoms with E-state index in [1.807, 2.05) is 6.07 Å². The van der Waals surface area contributed by atoms with Crippen LogP contribution in [0.3, 0.4) is 0 Å². The molecule has 1 atom stereocenters. The summed E-state index contributed by atoms with van der Waals surface area (Å²) in [5.41, 5.74) is 6.85. The molecule has 0 saturated carbocycles. The number of aryl methyl sites for hydroxylation is 1. The van der Waals surface area contributed by atoms with Crippen LogP contribution in [0.15, 0.2) is 53.8 Å². The van der Waals surface area contributed by atoms with E-state index < -0.39 is 34.3 Å². The number of hydrogen-bond acceptors (Lipinski definition) is 6. The fourth-order valence-corrected chi connectivity index (χ4v) is 3.56. The van der Waals surface area contributed by atoms with Gasteiger partial charge in [-0.05, 0) is 30.2 Å². The van der Waals surface area contributed by atoms with Crippen LogP contribution in [0.1, 0.15) is 16.1 Å². The number of thiol groups is 1. The topological polar surface area (TPSA) is 116 Å². The number of hydrogen-bond donors (Lipinski definition) is 3. The Morgan fingerprint density at radius 1 is 1.29 bits per heavy atom. The van der Waals surface area contributed by atoms with Gasteiger partial charge in [-0.3, -0.25) is 9.78 Å². The Hall–Kier alpha value is -3.31. The van der Waals surface area contributed by atoms with Crippen LogP contribution in [0.4, 0.5) is 14.5 Å². The van der Waals surface area contributed by atoms with E-state index in [4.69, 9.17) is 10.5 Å². The molecule has 3 N–H and O–H groups in total. The van der Waals surface area contributed by atoms with Crippen LogP contribution in [0.25, 0.3) is 0 Å². The molecule has 0 aliphatic rings. The number of carbonyl (C=O) groups is 1. The first kappa shape index (κ1) is 22.4. The maximum absolute atomic E-state index is 13.4. The smallest absolute Gasteiger partial charge is 0.276 e. The molecule has 3 aromatic rings. The van der Waals surface area contributed by atoms with Gasteiger partial charge in [0.15, 0.2) is 33.8 Å². The predicted molar refractivity (Wildman–Crippen MR) is 110 cm³/mol. The van der Waals surface area contributed by atoms with Gasteiger partial charge in [0.05, 0.1) is 0 Å². The van der Waals surface area contributed by atoms with Crippen LogP contribution in [-0.4, -0.2) is 36.5 Å². The number of anilines is 1. The Labute approximate surface area is 178 Å². The highest BCUT2D eigenvalue weighted by molar-refractivity contribution is 7.72. The second kappa shape index (κ2) is 9.67. The van der Waals surface area contributed by atoms with Crippen LogP contribution in [0.5, 0.6) is 5.75 Å². The molecule has 164 valence electrons. The summed E-state index contributed by atoms with van der Waals surface area (Å²) >= 11 is 0. The van der Waals surface area contributed by atoms with Gasteiger partial charge in [-0.1, -0.05) is 6.07 Å². The van der Waals surface area contributed by atoms with E-state index in [0.717, 1.165) is 17.7 Å². The Morgan fingerprint density at radius 2 is 2.06 bits per heavy atom. The molecule has 3 rings (SSSR count). The number of benzene rings is 1. The predicted octanol–water partition coefficient (Wildman–Crippen LogP) is 1.87. The number of nitrogens with one attached hydrogen (secondary N) is 1. The highest BCUT2D eigenvalue weighted by Gasteiger charge is 2.24. The van der Waals surface area contributed by atoms with E-state index >= 15 is 0 Å². The molecular formula is C20H20F2N4O4S. The highest BCUT2D eigenvalue weighted by Crippen LogP contribution is 2.28. The molecule has 31 heavy (non-hydrogen) atoms. The molecule has 0 aliphatic carbocycles. The molecule has 8 nitrogen and oxygen atoms in total. The van der Waals surface area contributed by atoms with Gasteiger partial charge < -0.3 is 20.4 Å². The Balaban J connectivity index is 1.81. The van der Waals surface area contributed by atoms with Gasteiger partial charge >= 0.3 is 0 Å². The summed E-state index contributed by atoms with van der Waals surface area (Å²) in [5.74, 6) is -3.12. The number of pyridine rings is 1. The standard InChI is InChI=1S/C20H20F2N4O4S/c1-26-10-17(31(28)29)19(30-11-13(23)7-12-3-2-6-24-9-12)18(26)20(27)25-14-4-5-15(21)16(22)8-14/h2-6,8-10,13,31H,7,11,23H2,1H3,(H,25,27)/t13-/m0/s1. The molecule has 0 unspecified atom stereocenters. The van der Waals surface area contributed by atoms with Crippen LogP contribution < -0.4 is 15.8 Å². The molecule has 0 fully saturated rings. The SMILES string of the molecule is Cn1cc([SH](=O)=O)c(OC[C@@H](N)Cc2cccnc2)c1C(=O)Nc1ccc(F)c(F)c1. The van der Waals surface area contributed by atoms with Crippen molar-refractivity contribution >= 4 is 22.3 Å². The van der Waals surface area contributed by atoms with Crippen molar-refractivity contribution in [1.29, 1.82) is 0 Å². The molecule has 1 aromatic carbocycles. The summed E-state index contributed by atoms with van der Waals surface area (Å²) < 4.78 is 56.8. The van der Waals surface area contributed by atoms with Gasteiger partial charge in [0.1, 0.15) is 11.5 Å². The van der Waals surface area contributed by atoms with E-state index in [0.29, 0.717) is 6.42 Å². The highest BCUT2D eigenvalue weighted by atomic mass is 32.2. The average molecular weight is 450 g/mol. The summed E-state index contributed by atoms with van der Waals surface area (Å²) in [5, 5.41) is 2.40. The lowest BCUT2D eigenvalue weighted by molar-refractivity contribution is 0.101. The summed E-state index contributed by atoms with van der Waals surface area (Å²) in [7, 11) is -1.61. The van der Waals surface area contributed by atoms with Crippen molar-refractivity contribution in [2.75, 3.05) is 11.9 Å². The van der Waals surface area contributed by atoms with E-state index in [2.05, 4.69) is 10.3 Å². The third-order valence-corrected chi connectivity index (χ3v) is 5.08. The van der Waals surface area contributed by atoms with Crippen molar-refractivity contribution in [2.45, 2.75) is 17.4 Å². The second-order valence-corrected chi connectivity index (χ2v) is 7.78. The van der Waals surface area contributed by atoms with E-state index in [1.165, 1.54) is 23.9 Å². The van der Waals surface area contributed by atoms with E-state index in [-0.39, 0.29) is 28.6 Å². The van der Waals surface area contributed by atoms with Crippen molar-refractivity contribution in [2.24, 2.45) is 12.8 Å². The third-order valence-electron chi connectivity index (χ3n) is 4.37. The number of halogens is 2. The number of aromatic nitrogens is 2. The molecule has 0 spiro atoms. The van der Waals surface area contributed by atoms with Crippen LogP contribution in [0.2, 0.25) is 0 Å². The molecule has 2 aromatic heterocycles. The number of ether oxygens (including phenoxy) is 1. The van der Waals surface area contributed by atoms with Crippen molar-refractivity contribution in [3.05, 3.63) is 71.8 Å². The van der Waals surface area contributed by atoms with Crippen molar-refractivity contribution in [1.82, 2.24) is 9.55 Å². The number of nitrogens with two attached hydrogens (primary N) is 1. The minimum atomic E-state index is -3.07. The zero-order valence-corrected chi connectivity index (χ0v) is 17.3. The second-order valence-electron chi connectivity index (χ2n) is 6.78. The largest absolute Gasteiger partial charge is 0.488 e. The normalized spacial score (nSPS) is 12.0. The molecular weight excluding hydrogens is 430 g/mol. The first-order valence-corrected chi connectivity index (χ1v) is 10.3. The van der Waals surface area contributed by atoms with Crippen molar-refractivity contribution in [3.8, 4) is 5.75 Å². The summed E-state index contributed by atoms with van der Waals surface area (Å²) in [4.78, 5) is 16.6. The molecule has 0 radical (unpaired) electrons. The molecule has 2 heterocycles. The lowest BCUT2D eigenvalue weighted by Gasteiger charge is -2.15. The Kier molecular flexibility index (Phi) is 6.98. The maximum atomic E-state index is 13.4. The van der Waals surface area contributed by atoms with Crippen molar-refractivity contribution < 1.29 is 26.7 Å². The minimum absolute atomic E-state index is 0.00242. The molecule has 0 aliphatic heterocycles. The van der Waals surface area contributed by atoms with Gasteiger partial charge in [-0.2, -0.15) is 0 Å². The summed E-state index contributed by atoms with van der Waals surface area (Å²) in [6.45, 7) is -0.0689. The monoisotopic (exact) mass is 450 g/mol. The Morgan fingerprint density at radius 3 is 2.71 bits per heavy atom. The molecule has 11 heteroatoms. The van der Waals surface area contributed by atoms with Gasteiger partial charge in [0.2, 0.25) is 0 Å². The van der Waals surface area contributed by atoms with Crippen molar-refractivity contribution in [3.63, 3.8) is 0 Å². The molecule has 0 bridgehead atoms. The average Bonchev–Trinajstić information content (AvgIpc) is 3.06. The Bertz CT molecular complexity index is 1160. The summed E-state index contributed by atoms with van der Waals surface area (Å²) in [6, 6.07) is 5.97. The van der Waals surface area contributed by atoms with Gasteiger partial charge in [-0.25, -0.2) is 17.2 Å². The van der Waals surface area contributed by atoms with Crippen LogP contribution >= 0.6 is 0 Å². The lowest BCUT2D eigenvalue weighted by atomic mass is 10.1. The van der Waals surface area contributed by atoms with Gasteiger partial charge in [-0.15, -0.1) is 0 Å².